The monoisotopic (exact) mass is 374 g/mol. The molecule has 1 aromatic rings. The van der Waals surface area contributed by atoms with Crippen LogP contribution in [0.4, 0.5) is 0 Å². The second kappa shape index (κ2) is 8.11. The predicted octanol–water partition coefficient (Wildman–Crippen LogP) is 0.208. The largest absolute Gasteiger partial charge is 0.493 e. The molecule has 0 radical (unpaired) electrons. The van der Waals surface area contributed by atoms with Crippen molar-refractivity contribution in [3.8, 4) is 17.2 Å². The summed E-state index contributed by atoms with van der Waals surface area (Å²) in [7, 11) is 5.01. The van der Waals surface area contributed by atoms with Crippen LogP contribution in [0.3, 0.4) is 0 Å². The van der Waals surface area contributed by atoms with E-state index >= 15 is 0 Å². The first kappa shape index (κ1) is 18.6. The maximum absolute atomic E-state index is 5.50. The van der Waals surface area contributed by atoms with Gasteiger partial charge in [-0.15, -0.1) is 0 Å². The molecule has 1 heterocycles. The van der Waals surface area contributed by atoms with E-state index in [0.29, 0.717) is 5.75 Å². The van der Waals surface area contributed by atoms with E-state index in [-0.39, 0.29) is 0 Å². The average Bonchev–Trinajstić information content (AvgIpc) is 3.32. The van der Waals surface area contributed by atoms with Gasteiger partial charge in [-0.2, -0.15) is 0 Å². The van der Waals surface area contributed by atoms with Crippen LogP contribution in [0.2, 0.25) is 0 Å². The Morgan fingerprint density at radius 3 is 2.04 bits per heavy atom. The average molecular weight is 375 g/mol. The van der Waals surface area contributed by atoms with Crippen LogP contribution < -0.4 is 24.0 Å². The quantitative estimate of drug-likeness (QED) is 0.670. The summed E-state index contributed by atoms with van der Waals surface area (Å²) in [5.41, 5.74) is 1.25. The van der Waals surface area contributed by atoms with E-state index in [0.717, 1.165) is 35.8 Å². The Bertz CT molecular complexity index is 657. The van der Waals surface area contributed by atoms with Crippen molar-refractivity contribution >= 4 is 0 Å². The third-order valence-corrected chi connectivity index (χ3v) is 6.81. The van der Waals surface area contributed by atoms with Gasteiger partial charge in [-0.3, -0.25) is 0 Å². The third-order valence-electron chi connectivity index (χ3n) is 6.81. The van der Waals surface area contributed by atoms with Crippen LogP contribution in [0.1, 0.15) is 18.4 Å². The van der Waals surface area contributed by atoms with Gasteiger partial charge in [-0.25, -0.2) is 0 Å². The van der Waals surface area contributed by atoms with Gasteiger partial charge in [-0.05, 0) is 36.8 Å². The van der Waals surface area contributed by atoms with Crippen molar-refractivity contribution < 1.29 is 24.0 Å². The van der Waals surface area contributed by atoms with Gasteiger partial charge in [0.05, 0.1) is 27.9 Å². The fourth-order valence-corrected chi connectivity index (χ4v) is 5.36. The van der Waals surface area contributed by atoms with Gasteiger partial charge >= 0.3 is 0 Å². The number of ether oxygens (including phenoxy) is 3. The van der Waals surface area contributed by atoms with Crippen LogP contribution in [-0.4, -0.2) is 54.1 Å². The summed E-state index contributed by atoms with van der Waals surface area (Å²) in [6, 6.07) is 4.18. The Labute approximate surface area is 162 Å². The normalized spacial score (nSPS) is 31.9. The second-order valence-electron chi connectivity index (χ2n) is 8.45. The number of hydrogen-bond donors (Lipinski definition) is 2. The number of methoxy groups -OCH3 is 3. The van der Waals surface area contributed by atoms with Crippen molar-refractivity contribution in [2.45, 2.75) is 19.4 Å². The van der Waals surface area contributed by atoms with E-state index in [2.05, 4.69) is 24.3 Å². The molecule has 1 aliphatic heterocycles. The Kier molecular flexibility index (Phi) is 5.60. The van der Waals surface area contributed by atoms with Gasteiger partial charge < -0.3 is 24.0 Å². The minimum atomic E-state index is 0.674. The molecule has 0 unspecified atom stereocenters. The molecule has 1 saturated carbocycles. The first-order valence-corrected chi connectivity index (χ1v) is 10.3. The Morgan fingerprint density at radius 1 is 0.852 bits per heavy atom. The third kappa shape index (κ3) is 3.94. The maximum atomic E-state index is 5.50. The summed E-state index contributed by atoms with van der Waals surface area (Å²) in [5.74, 6) is 4.89. The number of piperazine rings is 1. The van der Waals surface area contributed by atoms with Crippen molar-refractivity contribution in [1.82, 2.24) is 0 Å². The fraction of sp³-hybridized carbons (Fsp3) is 0.636. The molecule has 148 valence electrons. The smallest absolute Gasteiger partial charge is 0.203 e. The molecular weight excluding hydrogens is 340 g/mol. The molecule has 2 fully saturated rings. The van der Waals surface area contributed by atoms with Crippen molar-refractivity contribution in [2.75, 3.05) is 54.1 Å². The maximum Gasteiger partial charge on any atom is 0.203 e. The first-order valence-electron chi connectivity index (χ1n) is 10.3. The SMILES string of the molecule is COc1cc(C[NH+]2CC[NH+](C[C@H]3C[C@H]4C=C[C@H]3C4)CC2)cc(OC)c1OC. The van der Waals surface area contributed by atoms with Gasteiger partial charge in [0.2, 0.25) is 5.75 Å². The lowest BCUT2D eigenvalue weighted by molar-refractivity contribution is -1.02. The number of hydrogen-bond acceptors (Lipinski definition) is 3. The van der Waals surface area contributed by atoms with Gasteiger partial charge in [-0.1, -0.05) is 12.2 Å². The lowest BCUT2D eigenvalue weighted by atomic mass is 9.93. The number of rotatable bonds is 7. The molecule has 5 nitrogen and oxygen atoms in total. The Hall–Kier alpha value is -1.72. The van der Waals surface area contributed by atoms with Crippen molar-refractivity contribution in [3.05, 3.63) is 29.8 Å². The molecule has 1 saturated heterocycles. The van der Waals surface area contributed by atoms with E-state index in [1.54, 1.807) is 26.2 Å². The summed E-state index contributed by atoms with van der Waals surface area (Å²) in [6.45, 7) is 7.45. The van der Waals surface area contributed by atoms with Crippen molar-refractivity contribution in [3.63, 3.8) is 0 Å². The van der Waals surface area contributed by atoms with Crippen LogP contribution in [0.25, 0.3) is 0 Å². The standard InChI is InChI=1S/C22H32N2O3/c1-25-20-12-17(13-21(26-2)22(20)27-3)14-23-6-8-24(9-7-23)15-19-11-16-4-5-18(19)10-16/h4-5,12-13,16,18-19H,6-11,14-15H2,1-3H3/p+2/t16-,18-,19+/m0/s1. The van der Waals surface area contributed by atoms with Gasteiger partial charge in [0.1, 0.15) is 32.7 Å². The van der Waals surface area contributed by atoms with Crippen molar-refractivity contribution in [1.29, 1.82) is 0 Å². The highest BCUT2D eigenvalue weighted by Gasteiger charge is 2.38. The second-order valence-corrected chi connectivity index (χ2v) is 8.45. The number of fused-ring (bicyclic) bond motifs is 2. The predicted molar refractivity (Wildman–Crippen MR) is 105 cm³/mol. The van der Waals surface area contributed by atoms with Crippen LogP contribution in [0.15, 0.2) is 24.3 Å². The minimum Gasteiger partial charge on any atom is -0.493 e. The number of allylic oxidation sites excluding steroid dienone is 2. The van der Waals surface area contributed by atoms with Crippen molar-refractivity contribution in [2.24, 2.45) is 17.8 Å². The number of nitrogens with one attached hydrogen (secondary N) is 2. The lowest BCUT2D eigenvalue weighted by Gasteiger charge is -2.32. The molecule has 2 aliphatic carbocycles. The highest BCUT2D eigenvalue weighted by atomic mass is 16.5. The summed E-state index contributed by atoms with van der Waals surface area (Å²) in [5, 5.41) is 0. The first-order chi connectivity index (χ1) is 13.2. The van der Waals surface area contributed by atoms with Gasteiger partial charge in [0, 0.05) is 11.5 Å². The Balaban J connectivity index is 1.32. The van der Waals surface area contributed by atoms with Crippen LogP contribution in [0, 0.1) is 17.8 Å². The highest BCUT2D eigenvalue weighted by molar-refractivity contribution is 5.53. The summed E-state index contributed by atoms with van der Waals surface area (Å²) < 4.78 is 16.4. The molecule has 0 spiro atoms. The van der Waals surface area contributed by atoms with E-state index < -0.39 is 0 Å². The summed E-state index contributed by atoms with van der Waals surface area (Å²) >= 11 is 0. The van der Waals surface area contributed by atoms with E-state index in [9.17, 15) is 0 Å². The molecule has 1 aromatic carbocycles. The number of benzene rings is 1. The summed E-state index contributed by atoms with van der Waals surface area (Å²) in [4.78, 5) is 3.47. The zero-order valence-corrected chi connectivity index (χ0v) is 16.9. The zero-order chi connectivity index (χ0) is 18.8. The molecule has 0 aromatic heterocycles. The van der Waals surface area contributed by atoms with E-state index in [1.807, 2.05) is 4.90 Å². The molecule has 5 heteroatoms. The lowest BCUT2D eigenvalue weighted by Crippen LogP contribution is -3.27. The fourth-order valence-electron chi connectivity index (χ4n) is 5.36. The van der Waals surface area contributed by atoms with Gasteiger partial charge in [0.15, 0.2) is 11.5 Å². The highest BCUT2D eigenvalue weighted by Crippen LogP contribution is 2.42. The topological polar surface area (TPSA) is 36.6 Å². The number of quaternary nitrogens is 2. The molecule has 0 amide bonds. The zero-order valence-electron chi connectivity index (χ0n) is 16.9. The molecule has 3 atom stereocenters. The molecular formula is C22H34N2O3+2. The molecule has 3 aliphatic rings. The molecule has 4 rings (SSSR count). The van der Waals surface area contributed by atoms with Crippen LogP contribution in [0.5, 0.6) is 17.2 Å². The van der Waals surface area contributed by atoms with E-state index in [4.69, 9.17) is 14.2 Å². The summed E-state index contributed by atoms with van der Waals surface area (Å²) in [6.07, 6.45) is 7.81. The molecule has 27 heavy (non-hydrogen) atoms. The van der Waals surface area contributed by atoms with Crippen LogP contribution in [-0.2, 0) is 6.54 Å². The molecule has 2 bridgehead atoms. The Morgan fingerprint density at radius 2 is 1.52 bits per heavy atom. The minimum absolute atomic E-state index is 0.674. The van der Waals surface area contributed by atoms with E-state index in [1.165, 1.54) is 51.1 Å². The van der Waals surface area contributed by atoms with Gasteiger partial charge in [0.25, 0.3) is 0 Å². The molecule has 2 N–H and O–H groups in total. The van der Waals surface area contributed by atoms with Crippen LogP contribution >= 0.6 is 0 Å².